The summed E-state index contributed by atoms with van der Waals surface area (Å²) in [5, 5.41) is 9.35. The summed E-state index contributed by atoms with van der Waals surface area (Å²) in [5.74, 6) is -0.731. The van der Waals surface area contributed by atoms with Crippen molar-refractivity contribution >= 4 is 28.7 Å². The van der Waals surface area contributed by atoms with Crippen LogP contribution in [0, 0.1) is 5.82 Å². The lowest BCUT2D eigenvalue weighted by atomic mass is 10.2. The number of carbonyl (C=O) groups is 1. The van der Waals surface area contributed by atoms with E-state index < -0.39 is 5.97 Å². The van der Waals surface area contributed by atoms with E-state index in [1.807, 2.05) is 0 Å². The van der Waals surface area contributed by atoms with E-state index in [4.69, 9.17) is 16.7 Å². The zero-order valence-electron chi connectivity index (χ0n) is 11.3. The SMILES string of the molecule is O=C(O)CCn1c(-c2ccc(F)cc2)nc2cc(Cl)cnc21. The number of imidazole rings is 1. The molecular weight excluding hydrogens is 309 g/mol. The fourth-order valence-electron chi connectivity index (χ4n) is 2.22. The Kier molecular flexibility index (Phi) is 3.77. The molecule has 0 atom stereocenters. The van der Waals surface area contributed by atoms with Crippen LogP contribution in [0.4, 0.5) is 4.39 Å². The molecule has 0 spiro atoms. The average Bonchev–Trinajstić information content (AvgIpc) is 2.83. The molecule has 2 heterocycles. The van der Waals surface area contributed by atoms with Gasteiger partial charge in [0, 0.05) is 18.3 Å². The van der Waals surface area contributed by atoms with Gasteiger partial charge in [0.15, 0.2) is 5.65 Å². The van der Waals surface area contributed by atoms with Crippen molar-refractivity contribution in [1.82, 2.24) is 14.5 Å². The lowest BCUT2D eigenvalue weighted by molar-refractivity contribution is -0.137. The van der Waals surface area contributed by atoms with Crippen LogP contribution in [0.1, 0.15) is 6.42 Å². The van der Waals surface area contributed by atoms with Gasteiger partial charge < -0.3 is 9.67 Å². The van der Waals surface area contributed by atoms with E-state index >= 15 is 0 Å². The standard InChI is InChI=1S/C15H11ClFN3O2/c16-10-7-12-15(18-8-10)20(6-5-13(21)22)14(19-12)9-1-3-11(17)4-2-9/h1-4,7-8H,5-6H2,(H,21,22). The van der Waals surface area contributed by atoms with Crippen LogP contribution in [-0.2, 0) is 11.3 Å². The second kappa shape index (κ2) is 5.73. The second-order valence-corrected chi connectivity index (χ2v) is 5.17. The third kappa shape index (κ3) is 2.78. The summed E-state index contributed by atoms with van der Waals surface area (Å²) < 4.78 is 14.8. The van der Waals surface area contributed by atoms with E-state index in [0.29, 0.717) is 27.6 Å². The molecule has 0 aliphatic rings. The minimum absolute atomic E-state index is 0.0655. The molecule has 1 N–H and O–H groups in total. The topological polar surface area (TPSA) is 68.0 Å². The van der Waals surface area contributed by atoms with Crippen molar-refractivity contribution in [3.63, 3.8) is 0 Å². The van der Waals surface area contributed by atoms with Crippen molar-refractivity contribution in [2.75, 3.05) is 0 Å². The van der Waals surface area contributed by atoms with Gasteiger partial charge in [0.25, 0.3) is 0 Å². The highest BCUT2D eigenvalue weighted by Crippen LogP contribution is 2.25. The summed E-state index contributed by atoms with van der Waals surface area (Å²) in [7, 11) is 0. The second-order valence-electron chi connectivity index (χ2n) is 4.73. The van der Waals surface area contributed by atoms with Crippen molar-refractivity contribution < 1.29 is 14.3 Å². The fourth-order valence-corrected chi connectivity index (χ4v) is 2.38. The van der Waals surface area contributed by atoms with E-state index in [0.717, 1.165) is 0 Å². The summed E-state index contributed by atoms with van der Waals surface area (Å²) in [6.45, 7) is 0.215. The number of hydrogen-bond acceptors (Lipinski definition) is 3. The molecule has 0 fully saturated rings. The molecular formula is C15H11ClFN3O2. The number of halogens is 2. The number of aliphatic carboxylic acids is 1. The number of carboxylic acid groups (broad SMARTS) is 1. The molecule has 0 bridgehead atoms. The van der Waals surface area contributed by atoms with Gasteiger partial charge in [-0.05, 0) is 30.3 Å². The van der Waals surface area contributed by atoms with E-state index in [9.17, 15) is 9.18 Å². The zero-order valence-corrected chi connectivity index (χ0v) is 12.1. The number of pyridine rings is 1. The number of hydrogen-bond donors (Lipinski definition) is 1. The maximum atomic E-state index is 13.1. The summed E-state index contributed by atoms with van der Waals surface area (Å²) >= 11 is 5.92. The first-order valence-corrected chi connectivity index (χ1v) is 6.92. The van der Waals surface area contributed by atoms with Crippen LogP contribution in [0.5, 0.6) is 0 Å². The first kappa shape index (κ1) is 14.5. The molecule has 7 heteroatoms. The third-order valence-corrected chi connectivity index (χ3v) is 3.41. The molecule has 0 aliphatic carbocycles. The van der Waals surface area contributed by atoms with Gasteiger partial charge in [0.05, 0.1) is 11.4 Å². The van der Waals surface area contributed by atoms with Crippen molar-refractivity contribution in [2.45, 2.75) is 13.0 Å². The highest BCUT2D eigenvalue weighted by Gasteiger charge is 2.15. The molecule has 0 saturated carbocycles. The maximum absolute atomic E-state index is 13.1. The third-order valence-electron chi connectivity index (χ3n) is 3.20. The van der Waals surface area contributed by atoms with Gasteiger partial charge >= 0.3 is 5.97 Å². The molecule has 3 rings (SSSR count). The number of aryl methyl sites for hydroxylation is 1. The van der Waals surface area contributed by atoms with E-state index in [1.165, 1.54) is 18.3 Å². The molecule has 112 valence electrons. The Morgan fingerprint density at radius 3 is 2.73 bits per heavy atom. The molecule has 22 heavy (non-hydrogen) atoms. The van der Waals surface area contributed by atoms with Crippen LogP contribution in [0.15, 0.2) is 36.5 Å². The number of nitrogens with zero attached hydrogens (tertiary/aromatic N) is 3. The van der Waals surface area contributed by atoms with Gasteiger partial charge in [0.2, 0.25) is 0 Å². The Labute approximate surface area is 130 Å². The highest BCUT2D eigenvalue weighted by molar-refractivity contribution is 6.31. The van der Waals surface area contributed by atoms with Crippen LogP contribution in [0.3, 0.4) is 0 Å². The normalized spacial score (nSPS) is 11.0. The van der Waals surface area contributed by atoms with Crippen LogP contribution in [-0.4, -0.2) is 25.6 Å². The molecule has 0 saturated heterocycles. The van der Waals surface area contributed by atoms with Gasteiger partial charge in [-0.25, -0.2) is 14.4 Å². The van der Waals surface area contributed by atoms with Crippen LogP contribution in [0.2, 0.25) is 5.02 Å². The Balaban J connectivity index is 2.16. The number of fused-ring (bicyclic) bond motifs is 1. The van der Waals surface area contributed by atoms with Crippen molar-refractivity contribution in [1.29, 1.82) is 0 Å². The van der Waals surface area contributed by atoms with Crippen LogP contribution >= 0.6 is 11.6 Å². The molecule has 0 radical (unpaired) electrons. The summed E-state index contributed by atoms with van der Waals surface area (Å²) in [6, 6.07) is 7.51. The molecule has 0 aliphatic heterocycles. The highest BCUT2D eigenvalue weighted by atomic mass is 35.5. The lowest BCUT2D eigenvalue weighted by Crippen LogP contribution is -2.06. The van der Waals surface area contributed by atoms with Gasteiger partial charge in [-0.2, -0.15) is 0 Å². The molecule has 3 aromatic rings. The Hall–Kier alpha value is -2.47. The van der Waals surface area contributed by atoms with Gasteiger partial charge in [-0.3, -0.25) is 4.79 Å². The number of aromatic nitrogens is 3. The smallest absolute Gasteiger partial charge is 0.305 e. The molecule has 1 aromatic carbocycles. The molecule has 2 aromatic heterocycles. The predicted molar refractivity (Wildman–Crippen MR) is 80.2 cm³/mol. The average molecular weight is 320 g/mol. The number of carboxylic acids is 1. The van der Waals surface area contributed by atoms with E-state index in [1.54, 1.807) is 22.8 Å². The minimum atomic E-state index is -0.916. The van der Waals surface area contributed by atoms with Crippen LogP contribution in [0.25, 0.3) is 22.6 Å². The van der Waals surface area contributed by atoms with Gasteiger partial charge in [-0.15, -0.1) is 0 Å². The Morgan fingerprint density at radius 2 is 2.05 bits per heavy atom. The monoisotopic (exact) mass is 319 g/mol. The number of rotatable bonds is 4. The maximum Gasteiger partial charge on any atom is 0.305 e. The Morgan fingerprint density at radius 1 is 1.32 bits per heavy atom. The molecule has 0 unspecified atom stereocenters. The number of benzene rings is 1. The first-order chi connectivity index (χ1) is 10.5. The van der Waals surface area contributed by atoms with E-state index in [-0.39, 0.29) is 18.8 Å². The summed E-state index contributed by atoms with van der Waals surface area (Å²) in [5.41, 5.74) is 1.79. The van der Waals surface area contributed by atoms with Crippen LogP contribution < -0.4 is 0 Å². The quantitative estimate of drug-likeness (QED) is 0.800. The molecule has 0 amide bonds. The minimum Gasteiger partial charge on any atom is -0.481 e. The summed E-state index contributed by atoms with van der Waals surface area (Å²) in [6.07, 6.45) is 1.42. The summed E-state index contributed by atoms with van der Waals surface area (Å²) in [4.78, 5) is 19.5. The lowest BCUT2D eigenvalue weighted by Gasteiger charge is -2.07. The van der Waals surface area contributed by atoms with Crippen molar-refractivity contribution in [3.8, 4) is 11.4 Å². The predicted octanol–water partition coefficient (Wildman–Crippen LogP) is 3.37. The fraction of sp³-hybridized carbons (Fsp3) is 0.133. The Bertz CT molecular complexity index is 846. The van der Waals surface area contributed by atoms with Gasteiger partial charge in [-0.1, -0.05) is 11.6 Å². The van der Waals surface area contributed by atoms with Crippen molar-refractivity contribution in [2.24, 2.45) is 0 Å². The largest absolute Gasteiger partial charge is 0.481 e. The zero-order chi connectivity index (χ0) is 15.7. The first-order valence-electron chi connectivity index (χ1n) is 6.54. The van der Waals surface area contributed by atoms with Gasteiger partial charge in [0.1, 0.15) is 17.2 Å². The molecule has 5 nitrogen and oxygen atoms in total. The van der Waals surface area contributed by atoms with Crippen molar-refractivity contribution in [3.05, 3.63) is 47.4 Å². The van der Waals surface area contributed by atoms with E-state index in [2.05, 4.69) is 9.97 Å².